The number of hydrogen-bond donors (Lipinski definition) is 2. The van der Waals surface area contributed by atoms with E-state index in [-0.39, 0.29) is 5.91 Å². The Morgan fingerprint density at radius 1 is 1.06 bits per heavy atom. The van der Waals surface area contributed by atoms with Crippen LogP contribution >= 0.6 is 0 Å². The number of nitrogens with one attached hydrogen (secondary N) is 2. The lowest BCUT2D eigenvalue weighted by molar-refractivity contribution is 0.0906. The normalized spacial score (nSPS) is 16.4. The number of rotatable bonds is 9. The number of nitrogens with zero attached hydrogens (tertiary/aromatic N) is 2. The summed E-state index contributed by atoms with van der Waals surface area (Å²) in [7, 11) is 0. The van der Waals surface area contributed by atoms with Crippen molar-refractivity contribution in [2.45, 2.75) is 33.4 Å². The van der Waals surface area contributed by atoms with E-state index in [9.17, 15) is 4.79 Å². The number of aliphatic imine (C=N–C) groups is 1. The molecule has 1 aliphatic rings. The first-order valence-corrected chi connectivity index (χ1v) is 11.2. The highest BCUT2D eigenvalue weighted by atomic mass is 16.5. The van der Waals surface area contributed by atoms with Crippen molar-refractivity contribution in [1.29, 1.82) is 0 Å². The molecule has 0 saturated carbocycles. The Morgan fingerprint density at radius 2 is 1.84 bits per heavy atom. The van der Waals surface area contributed by atoms with E-state index < -0.39 is 0 Å². The fraction of sp³-hybridized carbons (Fsp3) is 0.440. The zero-order valence-electron chi connectivity index (χ0n) is 18.6. The number of guanidine groups is 1. The monoisotopic (exact) mass is 422 g/mol. The summed E-state index contributed by atoms with van der Waals surface area (Å²) in [4.78, 5) is 19.2. The Hall–Kier alpha value is -2.86. The predicted molar refractivity (Wildman–Crippen MR) is 125 cm³/mol. The van der Waals surface area contributed by atoms with E-state index in [0.29, 0.717) is 31.2 Å². The van der Waals surface area contributed by atoms with E-state index in [1.165, 1.54) is 5.56 Å². The third-order valence-corrected chi connectivity index (χ3v) is 5.32. The van der Waals surface area contributed by atoms with E-state index in [2.05, 4.69) is 34.6 Å². The van der Waals surface area contributed by atoms with Crippen LogP contribution in [0.25, 0.3) is 0 Å². The average molecular weight is 423 g/mol. The molecule has 31 heavy (non-hydrogen) atoms. The third kappa shape index (κ3) is 7.10. The van der Waals surface area contributed by atoms with Gasteiger partial charge >= 0.3 is 0 Å². The number of carbonyl (C=O) groups excluding carboxylic acids is 1. The molecular weight excluding hydrogens is 388 g/mol. The van der Waals surface area contributed by atoms with Gasteiger partial charge in [0.05, 0.1) is 19.8 Å². The summed E-state index contributed by atoms with van der Waals surface area (Å²) >= 11 is 0. The van der Waals surface area contributed by atoms with E-state index >= 15 is 0 Å². The maximum Gasteiger partial charge on any atom is 0.251 e. The van der Waals surface area contributed by atoms with Crippen LogP contribution in [-0.2, 0) is 17.9 Å². The molecule has 1 amide bonds. The first kappa shape index (κ1) is 22.8. The van der Waals surface area contributed by atoms with Crippen LogP contribution in [0.3, 0.4) is 0 Å². The molecule has 2 aromatic rings. The second kappa shape index (κ2) is 12.1. The van der Waals surface area contributed by atoms with E-state index in [1.807, 2.05) is 49.4 Å². The lowest BCUT2D eigenvalue weighted by atomic mass is 10.1. The van der Waals surface area contributed by atoms with Crippen LogP contribution in [-0.4, -0.2) is 49.6 Å². The molecule has 0 aliphatic carbocycles. The van der Waals surface area contributed by atoms with Crippen LogP contribution in [0.4, 0.5) is 0 Å². The van der Waals surface area contributed by atoms with E-state index in [1.54, 1.807) is 0 Å². The SMILES string of the molecule is CCNC(=O)c1cccc(CN=C(NCC)N2CCC(COCc3ccccc3)C2)c1. The van der Waals surface area contributed by atoms with Crippen LogP contribution in [0.1, 0.15) is 41.8 Å². The van der Waals surface area contributed by atoms with Gasteiger partial charge in [0.15, 0.2) is 5.96 Å². The molecule has 1 heterocycles. The number of benzene rings is 2. The summed E-state index contributed by atoms with van der Waals surface area (Å²) in [5, 5.41) is 6.25. The summed E-state index contributed by atoms with van der Waals surface area (Å²) in [6.45, 7) is 9.34. The zero-order chi connectivity index (χ0) is 21.9. The van der Waals surface area contributed by atoms with Gasteiger partial charge in [0.2, 0.25) is 0 Å². The molecule has 1 atom stereocenters. The van der Waals surface area contributed by atoms with Crippen LogP contribution in [0, 0.1) is 5.92 Å². The Labute approximate surface area is 185 Å². The molecule has 1 saturated heterocycles. The number of hydrogen-bond acceptors (Lipinski definition) is 3. The summed E-state index contributed by atoms with van der Waals surface area (Å²) in [5.74, 6) is 1.39. The van der Waals surface area contributed by atoms with Crippen molar-refractivity contribution < 1.29 is 9.53 Å². The summed E-state index contributed by atoms with van der Waals surface area (Å²) in [6.07, 6.45) is 1.10. The van der Waals surface area contributed by atoms with Crippen molar-refractivity contribution in [2.24, 2.45) is 10.9 Å². The Kier molecular flexibility index (Phi) is 8.91. The molecule has 0 aromatic heterocycles. The van der Waals surface area contributed by atoms with Gasteiger partial charge in [-0.1, -0.05) is 42.5 Å². The maximum atomic E-state index is 12.1. The second-order valence-electron chi connectivity index (χ2n) is 7.83. The molecule has 0 radical (unpaired) electrons. The Balaban J connectivity index is 1.53. The van der Waals surface area contributed by atoms with Gasteiger partial charge in [-0.05, 0) is 43.5 Å². The standard InChI is InChI=1S/C25H34N4O2/c1-3-26-24(30)23-12-8-11-21(15-23)16-28-25(27-4-2)29-14-13-22(17-29)19-31-18-20-9-6-5-7-10-20/h5-12,15,22H,3-4,13-14,16-19H2,1-2H3,(H,26,30)(H,27,28). The zero-order valence-corrected chi connectivity index (χ0v) is 18.6. The maximum absolute atomic E-state index is 12.1. The fourth-order valence-electron chi connectivity index (χ4n) is 3.74. The molecule has 1 fully saturated rings. The predicted octanol–water partition coefficient (Wildman–Crippen LogP) is 3.44. The van der Waals surface area contributed by atoms with Gasteiger partial charge < -0.3 is 20.3 Å². The summed E-state index contributed by atoms with van der Waals surface area (Å²) < 4.78 is 5.95. The second-order valence-corrected chi connectivity index (χ2v) is 7.83. The smallest absolute Gasteiger partial charge is 0.251 e. The molecule has 0 spiro atoms. The molecule has 6 heteroatoms. The third-order valence-electron chi connectivity index (χ3n) is 5.32. The average Bonchev–Trinajstić information content (AvgIpc) is 3.26. The van der Waals surface area contributed by atoms with Gasteiger partial charge in [0, 0.05) is 37.7 Å². The summed E-state index contributed by atoms with van der Waals surface area (Å²) in [6, 6.07) is 18.0. The number of amides is 1. The molecule has 3 rings (SSSR count). The first-order valence-electron chi connectivity index (χ1n) is 11.2. The number of carbonyl (C=O) groups is 1. The topological polar surface area (TPSA) is 66.0 Å². The van der Waals surface area contributed by atoms with Gasteiger partial charge in [0.25, 0.3) is 5.91 Å². The molecule has 2 N–H and O–H groups in total. The molecule has 166 valence electrons. The van der Waals surface area contributed by atoms with Gasteiger partial charge in [-0.3, -0.25) is 4.79 Å². The lowest BCUT2D eigenvalue weighted by Gasteiger charge is -2.21. The highest BCUT2D eigenvalue weighted by Crippen LogP contribution is 2.18. The minimum Gasteiger partial charge on any atom is -0.376 e. The van der Waals surface area contributed by atoms with Crippen molar-refractivity contribution in [3.63, 3.8) is 0 Å². The minimum absolute atomic E-state index is 0.0434. The molecule has 0 bridgehead atoms. The highest BCUT2D eigenvalue weighted by molar-refractivity contribution is 5.94. The molecular formula is C25H34N4O2. The highest BCUT2D eigenvalue weighted by Gasteiger charge is 2.25. The molecule has 1 aliphatic heterocycles. The van der Waals surface area contributed by atoms with Crippen LogP contribution in [0.2, 0.25) is 0 Å². The largest absolute Gasteiger partial charge is 0.376 e. The molecule has 1 unspecified atom stereocenters. The van der Waals surface area contributed by atoms with E-state index in [0.717, 1.165) is 44.2 Å². The van der Waals surface area contributed by atoms with E-state index in [4.69, 9.17) is 9.73 Å². The summed E-state index contributed by atoms with van der Waals surface area (Å²) in [5.41, 5.74) is 2.92. The number of ether oxygens (including phenoxy) is 1. The van der Waals surface area contributed by atoms with Crippen molar-refractivity contribution in [3.05, 3.63) is 71.3 Å². The minimum atomic E-state index is -0.0434. The van der Waals surface area contributed by atoms with Crippen molar-refractivity contribution >= 4 is 11.9 Å². The quantitative estimate of drug-likeness (QED) is 0.480. The molecule has 6 nitrogen and oxygen atoms in total. The van der Waals surface area contributed by atoms with Gasteiger partial charge in [-0.15, -0.1) is 0 Å². The Bertz CT molecular complexity index is 854. The van der Waals surface area contributed by atoms with Crippen LogP contribution < -0.4 is 10.6 Å². The van der Waals surface area contributed by atoms with Crippen LogP contribution in [0.5, 0.6) is 0 Å². The number of likely N-dealkylation sites (tertiary alicyclic amines) is 1. The Morgan fingerprint density at radius 3 is 2.61 bits per heavy atom. The van der Waals surface area contributed by atoms with Crippen LogP contribution in [0.15, 0.2) is 59.6 Å². The van der Waals surface area contributed by atoms with Crippen molar-refractivity contribution in [2.75, 3.05) is 32.8 Å². The van der Waals surface area contributed by atoms with Crippen molar-refractivity contribution in [1.82, 2.24) is 15.5 Å². The lowest BCUT2D eigenvalue weighted by Crippen LogP contribution is -2.40. The van der Waals surface area contributed by atoms with Crippen molar-refractivity contribution in [3.8, 4) is 0 Å². The van der Waals surface area contributed by atoms with Gasteiger partial charge in [-0.2, -0.15) is 0 Å². The van der Waals surface area contributed by atoms with Gasteiger partial charge in [-0.25, -0.2) is 4.99 Å². The molecule has 2 aromatic carbocycles. The van der Waals surface area contributed by atoms with Gasteiger partial charge in [0.1, 0.15) is 0 Å². The first-order chi connectivity index (χ1) is 15.2. The fourth-order valence-corrected chi connectivity index (χ4v) is 3.74.